The first-order valence-electron chi connectivity index (χ1n) is 3.63. The van der Waals surface area contributed by atoms with Crippen LogP contribution < -0.4 is 0 Å². The summed E-state index contributed by atoms with van der Waals surface area (Å²) in [5, 5.41) is 0. The quantitative estimate of drug-likeness (QED) is 0.447. The Kier molecular flexibility index (Phi) is 2.13. The van der Waals surface area contributed by atoms with Crippen molar-refractivity contribution in [3.05, 3.63) is 24.5 Å². The normalized spacial score (nSPS) is 23.5. The van der Waals surface area contributed by atoms with Crippen LogP contribution in [0.25, 0.3) is 0 Å². The third kappa shape index (κ3) is 1.93. The molecule has 0 aromatic carbocycles. The first-order valence-corrected chi connectivity index (χ1v) is 3.63. The van der Waals surface area contributed by atoms with Crippen molar-refractivity contribution < 1.29 is 9.53 Å². The van der Waals surface area contributed by atoms with Crippen LogP contribution in [0, 0.1) is 5.92 Å². The fourth-order valence-corrected chi connectivity index (χ4v) is 1.19. The SMILES string of the molecule is C=C(C)CC1CC(=O)OC1=C. The Labute approximate surface area is 66.5 Å². The van der Waals surface area contributed by atoms with E-state index in [2.05, 4.69) is 13.2 Å². The number of esters is 1. The van der Waals surface area contributed by atoms with E-state index in [-0.39, 0.29) is 11.9 Å². The third-order valence-corrected chi connectivity index (χ3v) is 1.71. The summed E-state index contributed by atoms with van der Waals surface area (Å²) in [6.45, 7) is 9.37. The molecule has 0 N–H and O–H groups in total. The zero-order chi connectivity index (χ0) is 8.43. The van der Waals surface area contributed by atoms with Crippen molar-refractivity contribution >= 4 is 5.97 Å². The number of hydrogen-bond acceptors (Lipinski definition) is 2. The molecule has 0 aliphatic carbocycles. The molecule has 0 aromatic rings. The van der Waals surface area contributed by atoms with Gasteiger partial charge in [-0.25, -0.2) is 0 Å². The Morgan fingerprint density at radius 1 is 1.82 bits per heavy atom. The van der Waals surface area contributed by atoms with E-state index in [1.165, 1.54) is 0 Å². The fourth-order valence-electron chi connectivity index (χ4n) is 1.19. The van der Waals surface area contributed by atoms with Gasteiger partial charge in [0.2, 0.25) is 0 Å². The minimum absolute atomic E-state index is 0.166. The van der Waals surface area contributed by atoms with Gasteiger partial charge >= 0.3 is 5.97 Å². The van der Waals surface area contributed by atoms with Crippen LogP contribution in [0.2, 0.25) is 0 Å². The molecule has 0 amide bonds. The maximum Gasteiger partial charge on any atom is 0.311 e. The summed E-state index contributed by atoms with van der Waals surface area (Å²) in [7, 11) is 0. The van der Waals surface area contributed by atoms with Crippen LogP contribution in [0.4, 0.5) is 0 Å². The van der Waals surface area contributed by atoms with Gasteiger partial charge in [-0.2, -0.15) is 0 Å². The molecule has 1 aliphatic rings. The molecule has 0 saturated carbocycles. The molecule has 1 fully saturated rings. The van der Waals surface area contributed by atoms with Crippen LogP contribution in [0.5, 0.6) is 0 Å². The maximum atomic E-state index is 10.7. The molecule has 1 saturated heterocycles. The van der Waals surface area contributed by atoms with E-state index in [0.717, 1.165) is 12.0 Å². The van der Waals surface area contributed by atoms with E-state index in [9.17, 15) is 4.79 Å². The van der Waals surface area contributed by atoms with Gasteiger partial charge in [0.1, 0.15) is 5.76 Å². The van der Waals surface area contributed by atoms with Crippen molar-refractivity contribution in [1.82, 2.24) is 0 Å². The second kappa shape index (κ2) is 2.91. The molecule has 0 aromatic heterocycles. The summed E-state index contributed by atoms with van der Waals surface area (Å²) in [5.41, 5.74) is 1.06. The molecule has 0 bridgehead atoms. The Hall–Kier alpha value is -1.05. The van der Waals surface area contributed by atoms with Crippen LogP contribution in [-0.4, -0.2) is 5.97 Å². The second-order valence-electron chi connectivity index (χ2n) is 3.00. The van der Waals surface area contributed by atoms with Crippen molar-refractivity contribution in [2.75, 3.05) is 0 Å². The van der Waals surface area contributed by atoms with Crippen molar-refractivity contribution in [3.63, 3.8) is 0 Å². The van der Waals surface area contributed by atoms with Gasteiger partial charge in [-0.05, 0) is 13.3 Å². The Morgan fingerprint density at radius 2 is 2.45 bits per heavy atom. The molecule has 0 spiro atoms. The number of carbonyl (C=O) groups excluding carboxylic acids is 1. The van der Waals surface area contributed by atoms with Gasteiger partial charge in [0, 0.05) is 5.92 Å². The minimum atomic E-state index is -0.166. The van der Waals surface area contributed by atoms with Gasteiger partial charge in [-0.1, -0.05) is 12.2 Å². The van der Waals surface area contributed by atoms with E-state index in [1.54, 1.807) is 0 Å². The lowest BCUT2D eigenvalue weighted by Crippen LogP contribution is -1.96. The minimum Gasteiger partial charge on any atom is -0.431 e. The smallest absolute Gasteiger partial charge is 0.311 e. The molecule has 1 atom stereocenters. The molecular formula is C9H12O2. The van der Waals surface area contributed by atoms with Crippen LogP contribution >= 0.6 is 0 Å². The van der Waals surface area contributed by atoms with Crippen LogP contribution in [0.1, 0.15) is 19.8 Å². The van der Waals surface area contributed by atoms with Crippen LogP contribution in [0.15, 0.2) is 24.5 Å². The van der Waals surface area contributed by atoms with Crippen molar-refractivity contribution in [3.8, 4) is 0 Å². The van der Waals surface area contributed by atoms with Gasteiger partial charge < -0.3 is 4.74 Å². The van der Waals surface area contributed by atoms with E-state index in [1.807, 2.05) is 6.92 Å². The standard InChI is InChI=1S/C9H12O2/c1-6(2)4-8-5-9(10)11-7(8)3/h8H,1,3-5H2,2H3. The van der Waals surface area contributed by atoms with E-state index < -0.39 is 0 Å². The first kappa shape index (κ1) is 8.05. The lowest BCUT2D eigenvalue weighted by atomic mass is 9.98. The monoisotopic (exact) mass is 152 g/mol. The summed E-state index contributed by atoms with van der Waals surface area (Å²) < 4.78 is 4.80. The average Bonchev–Trinajstić information content (AvgIpc) is 2.09. The Bertz CT molecular complexity index is 216. The number of hydrogen-bond donors (Lipinski definition) is 0. The highest BCUT2D eigenvalue weighted by atomic mass is 16.5. The van der Waals surface area contributed by atoms with Crippen molar-refractivity contribution in [2.24, 2.45) is 5.92 Å². The van der Waals surface area contributed by atoms with E-state index >= 15 is 0 Å². The van der Waals surface area contributed by atoms with Gasteiger partial charge in [-0.15, -0.1) is 6.58 Å². The number of cyclic esters (lactones) is 1. The fraction of sp³-hybridized carbons (Fsp3) is 0.444. The molecule has 60 valence electrons. The summed E-state index contributed by atoms with van der Waals surface area (Å²) in [6.07, 6.45) is 1.27. The Morgan fingerprint density at radius 3 is 2.82 bits per heavy atom. The first-order chi connectivity index (χ1) is 5.09. The number of carbonyl (C=O) groups is 1. The molecular weight excluding hydrogens is 140 g/mol. The molecule has 2 heteroatoms. The van der Waals surface area contributed by atoms with Crippen molar-refractivity contribution in [1.29, 1.82) is 0 Å². The number of allylic oxidation sites excluding steroid dienone is 2. The second-order valence-corrected chi connectivity index (χ2v) is 3.00. The zero-order valence-corrected chi connectivity index (χ0v) is 6.72. The molecule has 1 unspecified atom stereocenters. The molecule has 0 radical (unpaired) electrons. The zero-order valence-electron chi connectivity index (χ0n) is 6.72. The summed E-state index contributed by atoms with van der Waals surface area (Å²) >= 11 is 0. The summed E-state index contributed by atoms with van der Waals surface area (Å²) in [4.78, 5) is 10.7. The molecule has 1 rings (SSSR count). The van der Waals surface area contributed by atoms with E-state index in [0.29, 0.717) is 12.2 Å². The average molecular weight is 152 g/mol. The van der Waals surface area contributed by atoms with Crippen LogP contribution in [0.3, 0.4) is 0 Å². The highest BCUT2D eigenvalue weighted by molar-refractivity contribution is 5.74. The Balaban J connectivity index is 2.53. The van der Waals surface area contributed by atoms with Gasteiger partial charge in [0.25, 0.3) is 0 Å². The molecule has 1 aliphatic heterocycles. The highest BCUT2D eigenvalue weighted by Crippen LogP contribution is 2.29. The predicted molar refractivity (Wildman–Crippen MR) is 42.8 cm³/mol. The third-order valence-electron chi connectivity index (χ3n) is 1.71. The van der Waals surface area contributed by atoms with E-state index in [4.69, 9.17) is 4.74 Å². The molecule has 1 heterocycles. The van der Waals surface area contributed by atoms with Gasteiger partial charge in [-0.3, -0.25) is 4.79 Å². The van der Waals surface area contributed by atoms with Crippen molar-refractivity contribution in [2.45, 2.75) is 19.8 Å². The number of ether oxygens (including phenoxy) is 1. The maximum absolute atomic E-state index is 10.7. The highest BCUT2D eigenvalue weighted by Gasteiger charge is 2.27. The van der Waals surface area contributed by atoms with Gasteiger partial charge in [0.15, 0.2) is 0 Å². The lowest BCUT2D eigenvalue weighted by Gasteiger charge is -2.05. The van der Waals surface area contributed by atoms with Crippen LogP contribution in [-0.2, 0) is 9.53 Å². The summed E-state index contributed by atoms with van der Waals surface area (Å²) in [6, 6.07) is 0. The molecule has 11 heavy (non-hydrogen) atoms. The number of rotatable bonds is 2. The molecule has 2 nitrogen and oxygen atoms in total. The summed E-state index contributed by atoms with van der Waals surface area (Å²) in [5.74, 6) is 0.597. The van der Waals surface area contributed by atoms with Gasteiger partial charge in [0.05, 0.1) is 6.42 Å². The predicted octanol–water partition coefficient (Wildman–Crippen LogP) is 2.03. The largest absolute Gasteiger partial charge is 0.431 e. The lowest BCUT2D eigenvalue weighted by molar-refractivity contribution is -0.135. The topological polar surface area (TPSA) is 26.3 Å².